The van der Waals surface area contributed by atoms with Crippen molar-refractivity contribution in [3.63, 3.8) is 0 Å². The molecule has 0 bridgehead atoms. The van der Waals surface area contributed by atoms with E-state index in [1.165, 1.54) is 24.3 Å². The van der Waals surface area contributed by atoms with E-state index in [1.54, 1.807) is 0 Å². The summed E-state index contributed by atoms with van der Waals surface area (Å²) in [6.07, 6.45) is -7.97. The quantitative estimate of drug-likeness (QED) is 0.261. The zero-order valence-corrected chi connectivity index (χ0v) is 16.3. The number of hydrogen-bond acceptors (Lipinski definition) is 11. The number of fused-ring (bicyclic) bond motifs is 1. The van der Waals surface area contributed by atoms with E-state index in [4.69, 9.17) is 13.9 Å². The third kappa shape index (κ3) is 3.72. The molecular formula is C21H20O11. The summed E-state index contributed by atoms with van der Waals surface area (Å²) in [6, 6.07) is 7.34. The van der Waals surface area contributed by atoms with Crippen LogP contribution in [-0.4, -0.2) is 73.1 Å². The van der Waals surface area contributed by atoms with Crippen molar-refractivity contribution >= 4 is 11.0 Å². The smallest absolute Gasteiger partial charge is 0.229 e. The molecule has 0 saturated carbocycles. The molecule has 0 radical (unpaired) electrons. The summed E-state index contributed by atoms with van der Waals surface area (Å²) in [6.45, 7) is -0.685. The highest BCUT2D eigenvalue weighted by Gasteiger charge is 2.45. The molecule has 5 atom stereocenters. The Kier molecular flexibility index (Phi) is 5.67. The fourth-order valence-electron chi connectivity index (χ4n) is 3.40. The maximum absolute atomic E-state index is 12.6. The second-order valence-corrected chi connectivity index (χ2v) is 7.28. The second kappa shape index (κ2) is 8.30. The van der Waals surface area contributed by atoms with Gasteiger partial charge in [-0.25, -0.2) is 0 Å². The maximum atomic E-state index is 12.6. The Labute approximate surface area is 179 Å². The van der Waals surface area contributed by atoms with E-state index in [2.05, 4.69) is 0 Å². The second-order valence-electron chi connectivity index (χ2n) is 7.28. The van der Waals surface area contributed by atoms with Crippen molar-refractivity contribution in [1.82, 2.24) is 0 Å². The Hall–Kier alpha value is -3.35. The lowest BCUT2D eigenvalue weighted by Gasteiger charge is -2.39. The lowest BCUT2D eigenvalue weighted by molar-refractivity contribution is -0.277. The first-order valence-electron chi connectivity index (χ1n) is 9.50. The average molecular weight is 448 g/mol. The summed E-state index contributed by atoms with van der Waals surface area (Å²) in [5.74, 6) is -1.72. The average Bonchev–Trinajstić information content (AvgIpc) is 2.77. The van der Waals surface area contributed by atoms with Gasteiger partial charge in [-0.1, -0.05) is 0 Å². The molecule has 4 rings (SSSR count). The van der Waals surface area contributed by atoms with E-state index >= 15 is 0 Å². The predicted octanol–water partition coefficient (Wildman–Crippen LogP) is -0.245. The molecular weight excluding hydrogens is 428 g/mol. The number of phenols is 3. The minimum Gasteiger partial charge on any atom is -0.504 e. The number of aromatic hydroxyl groups is 3. The van der Waals surface area contributed by atoms with Crippen LogP contribution in [0.2, 0.25) is 0 Å². The largest absolute Gasteiger partial charge is 0.504 e. The highest BCUT2D eigenvalue weighted by atomic mass is 16.7. The molecule has 3 aromatic rings. The zero-order valence-electron chi connectivity index (χ0n) is 16.3. The third-order valence-electron chi connectivity index (χ3n) is 5.17. The Balaban J connectivity index is 1.80. The van der Waals surface area contributed by atoms with Crippen molar-refractivity contribution in [3.8, 4) is 34.3 Å². The number of phenolic OH excluding ortho intramolecular Hbond substituents is 3. The van der Waals surface area contributed by atoms with E-state index in [-0.39, 0.29) is 28.0 Å². The maximum Gasteiger partial charge on any atom is 0.229 e. The molecule has 2 aromatic carbocycles. The molecule has 11 heteroatoms. The third-order valence-corrected chi connectivity index (χ3v) is 5.17. The molecule has 0 amide bonds. The minimum atomic E-state index is -1.76. The van der Waals surface area contributed by atoms with Crippen LogP contribution in [0.1, 0.15) is 0 Å². The first-order valence-corrected chi connectivity index (χ1v) is 9.50. The van der Waals surface area contributed by atoms with E-state index in [9.17, 15) is 40.5 Å². The molecule has 1 fully saturated rings. The molecule has 1 aliphatic rings. The van der Waals surface area contributed by atoms with Gasteiger partial charge in [0.15, 0.2) is 28.3 Å². The molecule has 170 valence electrons. The summed E-state index contributed by atoms with van der Waals surface area (Å²) < 4.78 is 16.6. The van der Waals surface area contributed by atoms with Crippen LogP contribution in [0.3, 0.4) is 0 Å². The first kappa shape index (κ1) is 21.9. The molecule has 0 spiro atoms. The molecule has 1 aliphatic heterocycles. The molecule has 1 aromatic heterocycles. The van der Waals surface area contributed by atoms with Gasteiger partial charge in [0.2, 0.25) is 12.0 Å². The molecule has 7 N–H and O–H groups in total. The monoisotopic (exact) mass is 448 g/mol. The Bertz CT molecular complexity index is 1200. The van der Waals surface area contributed by atoms with Crippen LogP contribution >= 0.6 is 0 Å². The van der Waals surface area contributed by atoms with Crippen molar-refractivity contribution in [3.05, 3.63) is 46.6 Å². The number of aliphatic hydroxyl groups excluding tert-OH is 4. The highest BCUT2D eigenvalue weighted by molar-refractivity contribution is 5.86. The van der Waals surface area contributed by atoms with Crippen LogP contribution < -0.4 is 10.2 Å². The van der Waals surface area contributed by atoms with Crippen LogP contribution in [0.4, 0.5) is 0 Å². The number of benzene rings is 2. The Morgan fingerprint density at radius 3 is 2.28 bits per heavy atom. The lowest BCUT2D eigenvalue weighted by Crippen LogP contribution is -2.60. The van der Waals surface area contributed by atoms with Gasteiger partial charge in [-0.15, -0.1) is 0 Å². The Morgan fingerprint density at radius 1 is 0.875 bits per heavy atom. The fraction of sp³-hybridized carbons (Fsp3) is 0.286. The van der Waals surface area contributed by atoms with Crippen molar-refractivity contribution in [1.29, 1.82) is 0 Å². The molecule has 1 saturated heterocycles. The van der Waals surface area contributed by atoms with Crippen molar-refractivity contribution in [2.75, 3.05) is 6.61 Å². The van der Waals surface area contributed by atoms with Crippen molar-refractivity contribution in [2.45, 2.75) is 30.7 Å². The lowest BCUT2D eigenvalue weighted by atomic mass is 9.99. The SMILES string of the molecule is O=c1cc(-c2ccc(O)c(O)c2)oc2c(O[C@@H]3O[C@H](CO)[C@@H](O)[C@H](O)[C@H]3O)c(O)ccc12. The standard InChI is InChI=1S/C21H20O11/c22-7-15-16(27)17(28)18(29)21(31-15)32-20-11(24)4-2-9-12(25)6-14(30-19(9)20)8-1-3-10(23)13(26)5-8/h1-6,15-18,21-24,26-29H,7H2/t15-,16-,17+,18-,21+/m1/s1. The number of aliphatic hydroxyl groups is 4. The van der Waals surface area contributed by atoms with Gasteiger partial charge in [0.05, 0.1) is 12.0 Å². The number of ether oxygens (including phenoxy) is 2. The van der Waals surface area contributed by atoms with Crippen LogP contribution in [0, 0.1) is 0 Å². The summed E-state index contributed by atoms with van der Waals surface area (Å²) in [5.41, 5.74) is -0.508. The molecule has 0 unspecified atom stereocenters. The molecule has 2 heterocycles. The summed E-state index contributed by atoms with van der Waals surface area (Å²) in [5, 5.41) is 69.0. The summed E-state index contributed by atoms with van der Waals surface area (Å²) in [7, 11) is 0. The van der Waals surface area contributed by atoms with Crippen LogP contribution in [0.5, 0.6) is 23.0 Å². The summed E-state index contributed by atoms with van der Waals surface area (Å²) in [4.78, 5) is 12.6. The van der Waals surface area contributed by atoms with Crippen molar-refractivity contribution in [2.24, 2.45) is 0 Å². The summed E-state index contributed by atoms with van der Waals surface area (Å²) >= 11 is 0. The number of rotatable bonds is 4. The van der Waals surface area contributed by atoms with Gasteiger partial charge in [-0.2, -0.15) is 0 Å². The fourth-order valence-corrected chi connectivity index (χ4v) is 3.40. The van der Waals surface area contributed by atoms with Gasteiger partial charge in [0.25, 0.3) is 0 Å². The zero-order chi connectivity index (χ0) is 23.2. The van der Waals surface area contributed by atoms with Crippen LogP contribution in [-0.2, 0) is 4.74 Å². The predicted molar refractivity (Wildman–Crippen MR) is 107 cm³/mol. The van der Waals surface area contributed by atoms with Gasteiger partial charge in [0.1, 0.15) is 30.2 Å². The first-order chi connectivity index (χ1) is 15.2. The molecule has 0 aliphatic carbocycles. The number of hydrogen-bond donors (Lipinski definition) is 7. The van der Waals surface area contributed by atoms with Gasteiger partial charge in [-0.05, 0) is 30.3 Å². The minimum absolute atomic E-state index is 0.00846. The van der Waals surface area contributed by atoms with E-state index in [1.807, 2.05) is 0 Å². The highest BCUT2D eigenvalue weighted by Crippen LogP contribution is 2.38. The van der Waals surface area contributed by atoms with E-state index in [0.29, 0.717) is 0 Å². The van der Waals surface area contributed by atoms with Gasteiger partial charge < -0.3 is 49.6 Å². The van der Waals surface area contributed by atoms with Crippen molar-refractivity contribution < 1.29 is 49.6 Å². The van der Waals surface area contributed by atoms with E-state index in [0.717, 1.165) is 12.1 Å². The van der Waals surface area contributed by atoms with Gasteiger partial charge in [0, 0.05) is 11.6 Å². The Morgan fingerprint density at radius 2 is 1.59 bits per heavy atom. The van der Waals surface area contributed by atoms with Crippen LogP contribution in [0.15, 0.2) is 45.6 Å². The normalized spacial score (nSPS) is 25.7. The topological polar surface area (TPSA) is 190 Å². The van der Waals surface area contributed by atoms with Crippen LogP contribution in [0.25, 0.3) is 22.3 Å². The van der Waals surface area contributed by atoms with E-state index < -0.39 is 60.0 Å². The van der Waals surface area contributed by atoms with Gasteiger partial charge >= 0.3 is 0 Å². The molecule has 11 nitrogen and oxygen atoms in total. The van der Waals surface area contributed by atoms with Gasteiger partial charge in [-0.3, -0.25) is 4.79 Å². The molecule has 32 heavy (non-hydrogen) atoms.